The number of carboxylic acids is 1. The molecule has 0 radical (unpaired) electrons. The number of hydrogen-bond acceptors (Lipinski definition) is 3. The molecule has 2 N–H and O–H groups in total. The predicted molar refractivity (Wildman–Crippen MR) is 72.2 cm³/mol. The Bertz CT molecular complexity index is 427. The molecule has 1 rings (SSSR count). The van der Waals surface area contributed by atoms with E-state index in [9.17, 15) is 9.59 Å². The molecule has 0 aliphatic heterocycles. The highest BCUT2D eigenvalue weighted by Crippen LogP contribution is 2.05. The van der Waals surface area contributed by atoms with Crippen molar-refractivity contribution < 1.29 is 14.7 Å². The third kappa shape index (κ3) is 5.50. The Morgan fingerprint density at radius 1 is 1.32 bits per heavy atom. The number of carbonyl (C=O) groups is 2. The number of amides is 1. The number of rotatable bonds is 7. The van der Waals surface area contributed by atoms with Crippen molar-refractivity contribution in [2.24, 2.45) is 5.92 Å². The third-order valence-corrected chi connectivity index (χ3v) is 2.74. The van der Waals surface area contributed by atoms with Crippen LogP contribution in [0.1, 0.15) is 54.0 Å². The van der Waals surface area contributed by atoms with Crippen LogP contribution in [0.5, 0.6) is 0 Å². The molecule has 0 saturated heterocycles. The van der Waals surface area contributed by atoms with Crippen molar-refractivity contribution >= 4 is 11.9 Å². The molecule has 0 fully saturated rings. The van der Waals surface area contributed by atoms with Gasteiger partial charge in [-0.1, -0.05) is 26.7 Å². The molecule has 0 bridgehead atoms. The molecule has 0 aliphatic carbocycles. The molecule has 104 valence electrons. The van der Waals surface area contributed by atoms with Crippen LogP contribution in [0.4, 0.5) is 0 Å². The molecule has 0 aliphatic rings. The number of aromatic nitrogens is 1. The van der Waals surface area contributed by atoms with E-state index < -0.39 is 5.97 Å². The second kappa shape index (κ2) is 7.51. The van der Waals surface area contributed by atoms with Crippen LogP contribution in [0.3, 0.4) is 0 Å². The van der Waals surface area contributed by atoms with E-state index in [1.54, 1.807) is 0 Å². The van der Waals surface area contributed by atoms with E-state index >= 15 is 0 Å². The lowest BCUT2D eigenvalue weighted by Crippen LogP contribution is -2.25. The monoisotopic (exact) mass is 264 g/mol. The Balaban J connectivity index is 2.35. The SMILES string of the molecule is CC(C)CCCCNC(=O)c1ccc(C(=O)O)cn1. The van der Waals surface area contributed by atoms with Crippen LogP contribution in [0.15, 0.2) is 18.3 Å². The minimum atomic E-state index is -1.05. The summed E-state index contributed by atoms with van der Waals surface area (Å²) in [6.07, 6.45) is 4.37. The van der Waals surface area contributed by atoms with E-state index in [4.69, 9.17) is 5.11 Å². The average Bonchev–Trinajstić information content (AvgIpc) is 2.37. The molecule has 0 unspecified atom stereocenters. The van der Waals surface area contributed by atoms with Gasteiger partial charge in [-0.05, 0) is 24.5 Å². The largest absolute Gasteiger partial charge is 0.478 e. The molecular weight excluding hydrogens is 244 g/mol. The van der Waals surface area contributed by atoms with E-state index in [1.807, 2.05) is 0 Å². The Hall–Kier alpha value is -1.91. The van der Waals surface area contributed by atoms with Crippen molar-refractivity contribution in [1.29, 1.82) is 0 Å². The summed E-state index contributed by atoms with van der Waals surface area (Å²) in [4.78, 5) is 26.2. The molecule has 1 aromatic heterocycles. The average molecular weight is 264 g/mol. The molecule has 0 aromatic carbocycles. The van der Waals surface area contributed by atoms with Crippen LogP contribution in [0, 0.1) is 5.92 Å². The van der Waals surface area contributed by atoms with Crippen molar-refractivity contribution in [3.05, 3.63) is 29.6 Å². The molecular formula is C14H20N2O3. The first-order valence-electron chi connectivity index (χ1n) is 6.48. The summed E-state index contributed by atoms with van der Waals surface area (Å²) in [5.41, 5.74) is 0.322. The number of nitrogens with one attached hydrogen (secondary N) is 1. The number of carboxylic acid groups (broad SMARTS) is 1. The van der Waals surface area contributed by atoms with Gasteiger partial charge in [0.15, 0.2) is 0 Å². The first-order valence-corrected chi connectivity index (χ1v) is 6.48. The molecule has 19 heavy (non-hydrogen) atoms. The fourth-order valence-corrected chi connectivity index (χ4v) is 1.62. The third-order valence-electron chi connectivity index (χ3n) is 2.74. The van der Waals surface area contributed by atoms with Gasteiger partial charge in [0.25, 0.3) is 5.91 Å². The summed E-state index contributed by atoms with van der Waals surface area (Å²) in [5.74, 6) is -0.629. The van der Waals surface area contributed by atoms with Gasteiger partial charge in [-0.15, -0.1) is 0 Å². The summed E-state index contributed by atoms with van der Waals surface area (Å²) in [6.45, 7) is 4.97. The number of carbonyl (C=O) groups excluding carboxylic acids is 1. The summed E-state index contributed by atoms with van der Waals surface area (Å²) in [7, 11) is 0. The Morgan fingerprint density at radius 3 is 2.58 bits per heavy atom. The molecule has 5 heteroatoms. The van der Waals surface area contributed by atoms with Crippen LogP contribution >= 0.6 is 0 Å². The molecule has 0 saturated carbocycles. The van der Waals surface area contributed by atoms with E-state index in [0.717, 1.165) is 19.3 Å². The smallest absolute Gasteiger partial charge is 0.337 e. The van der Waals surface area contributed by atoms with Crippen molar-refractivity contribution in [2.75, 3.05) is 6.54 Å². The zero-order valence-electron chi connectivity index (χ0n) is 11.3. The maximum atomic E-state index is 11.7. The van der Waals surface area contributed by atoms with Gasteiger partial charge in [0, 0.05) is 12.7 Å². The fourth-order valence-electron chi connectivity index (χ4n) is 1.62. The molecule has 0 atom stereocenters. The van der Waals surface area contributed by atoms with Gasteiger partial charge in [0.1, 0.15) is 5.69 Å². The molecule has 5 nitrogen and oxygen atoms in total. The Kier molecular flexibility index (Phi) is 5.99. The minimum absolute atomic E-state index is 0.0773. The zero-order chi connectivity index (χ0) is 14.3. The van der Waals surface area contributed by atoms with Gasteiger partial charge in [-0.2, -0.15) is 0 Å². The molecule has 1 amide bonds. The van der Waals surface area contributed by atoms with Gasteiger partial charge in [0.2, 0.25) is 0 Å². The minimum Gasteiger partial charge on any atom is -0.478 e. The van der Waals surface area contributed by atoms with E-state index in [1.165, 1.54) is 18.3 Å². The Morgan fingerprint density at radius 2 is 2.05 bits per heavy atom. The first kappa shape index (κ1) is 15.1. The summed E-state index contributed by atoms with van der Waals surface area (Å²) in [5, 5.41) is 11.5. The standard InChI is InChI=1S/C14H20N2O3/c1-10(2)5-3-4-8-15-13(17)12-7-6-11(9-16-12)14(18)19/h6-7,9-10H,3-5,8H2,1-2H3,(H,15,17)(H,18,19). The van der Waals surface area contributed by atoms with Crippen LogP contribution in [0.25, 0.3) is 0 Å². The van der Waals surface area contributed by atoms with Crippen molar-refractivity contribution in [3.63, 3.8) is 0 Å². The summed E-state index contributed by atoms with van der Waals surface area (Å²) >= 11 is 0. The first-order chi connectivity index (χ1) is 9.00. The van der Waals surface area contributed by atoms with Crippen LogP contribution in [-0.4, -0.2) is 28.5 Å². The number of aromatic carboxylic acids is 1. The maximum Gasteiger partial charge on any atom is 0.337 e. The molecule has 0 spiro atoms. The summed E-state index contributed by atoms with van der Waals surface area (Å²) in [6, 6.07) is 2.80. The lowest BCUT2D eigenvalue weighted by Gasteiger charge is -2.06. The highest BCUT2D eigenvalue weighted by Gasteiger charge is 2.08. The van der Waals surface area contributed by atoms with E-state index in [-0.39, 0.29) is 17.2 Å². The van der Waals surface area contributed by atoms with E-state index in [0.29, 0.717) is 12.5 Å². The van der Waals surface area contributed by atoms with Crippen molar-refractivity contribution in [1.82, 2.24) is 10.3 Å². The lowest BCUT2D eigenvalue weighted by atomic mass is 10.1. The number of unbranched alkanes of at least 4 members (excludes halogenated alkanes) is 1. The predicted octanol–water partition coefficient (Wildman–Crippen LogP) is 2.34. The Labute approximate surface area is 113 Å². The van der Waals surface area contributed by atoms with Crippen molar-refractivity contribution in [2.45, 2.75) is 33.1 Å². The quantitative estimate of drug-likeness (QED) is 0.741. The van der Waals surface area contributed by atoms with Gasteiger partial charge in [0.05, 0.1) is 5.56 Å². The lowest BCUT2D eigenvalue weighted by molar-refractivity contribution is 0.0695. The molecule has 1 aromatic rings. The number of pyridine rings is 1. The van der Waals surface area contributed by atoms with Crippen LogP contribution in [-0.2, 0) is 0 Å². The summed E-state index contributed by atoms with van der Waals surface area (Å²) < 4.78 is 0. The maximum absolute atomic E-state index is 11.7. The number of nitrogens with zero attached hydrogens (tertiary/aromatic N) is 1. The van der Waals surface area contributed by atoms with Gasteiger partial charge in [-0.25, -0.2) is 4.79 Å². The van der Waals surface area contributed by atoms with Gasteiger partial charge < -0.3 is 10.4 Å². The number of hydrogen-bond donors (Lipinski definition) is 2. The van der Waals surface area contributed by atoms with E-state index in [2.05, 4.69) is 24.1 Å². The van der Waals surface area contributed by atoms with Gasteiger partial charge in [-0.3, -0.25) is 9.78 Å². The highest BCUT2D eigenvalue weighted by molar-refractivity contribution is 5.93. The second-order valence-electron chi connectivity index (χ2n) is 4.88. The fraction of sp³-hybridized carbons (Fsp3) is 0.500. The zero-order valence-corrected chi connectivity index (χ0v) is 11.3. The van der Waals surface area contributed by atoms with Crippen molar-refractivity contribution in [3.8, 4) is 0 Å². The topological polar surface area (TPSA) is 79.3 Å². The van der Waals surface area contributed by atoms with Gasteiger partial charge >= 0.3 is 5.97 Å². The normalized spacial score (nSPS) is 10.5. The molecule has 1 heterocycles. The van der Waals surface area contributed by atoms with Crippen LogP contribution < -0.4 is 5.32 Å². The second-order valence-corrected chi connectivity index (χ2v) is 4.88. The van der Waals surface area contributed by atoms with Crippen LogP contribution in [0.2, 0.25) is 0 Å². The highest BCUT2D eigenvalue weighted by atomic mass is 16.4.